The summed E-state index contributed by atoms with van der Waals surface area (Å²) in [5.41, 5.74) is 5.23. The molecule has 88 valence electrons. The molecule has 0 nitrogen and oxygen atoms in total. The summed E-state index contributed by atoms with van der Waals surface area (Å²) in [4.78, 5) is 0. The zero-order chi connectivity index (χ0) is 12.1. The van der Waals surface area contributed by atoms with Gasteiger partial charge in [-0.2, -0.15) is 0 Å². The van der Waals surface area contributed by atoms with E-state index in [0.29, 0.717) is 16.7 Å². The summed E-state index contributed by atoms with van der Waals surface area (Å²) in [5, 5.41) is 0. The summed E-state index contributed by atoms with van der Waals surface area (Å²) >= 11 is 0. The predicted molar refractivity (Wildman–Crippen MR) is 71.0 cm³/mol. The summed E-state index contributed by atoms with van der Waals surface area (Å²) in [6.45, 7) is 14.1. The molecule has 0 heteroatoms. The Morgan fingerprint density at radius 1 is 1.06 bits per heavy atom. The van der Waals surface area contributed by atoms with Gasteiger partial charge in [-0.15, -0.1) is 0 Å². The number of benzene rings is 1. The first-order valence-corrected chi connectivity index (χ1v) is 6.39. The Kier molecular flexibility index (Phi) is 2.45. The van der Waals surface area contributed by atoms with E-state index in [1.807, 2.05) is 0 Å². The van der Waals surface area contributed by atoms with Crippen LogP contribution in [0.3, 0.4) is 0 Å². The van der Waals surface area contributed by atoms with Crippen molar-refractivity contribution >= 4 is 0 Å². The molecule has 1 unspecified atom stereocenters. The van der Waals surface area contributed by atoms with Crippen molar-refractivity contribution in [2.45, 2.75) is 58.8 Å². The Morgan fingerprint density at radius 2 is 1.69 bits per heavy atom. The molecule has 0 saturated carbocycles. The van der Waals surface area contributed by atoms with Crippen molar-refractivity contribution < 1.29 is 0 Å². The van der Waals surface area contributed by atoms with Gasteiger partial charge in [-0.05, 0) is 41.2 Å². The zero-order valence-corrected chi connectivity index (χ0v) is 11.5. The lowest BCUT2D eigenvalue weighted by atomic mass is 9.72. The smallest absolute Gasteiger partial charge is 0.00411 e. The van der Waals surface area contributed by atoms with Gasteiger partial charge < -0.3 is 0 Å². The van der Waals surface area contributed by atoms with Gasteiger partial charge in [-0.3, -0.25) is 0 Å². The fraction of sp³-hybridized carbons (Fsp3) is 0.625. The Morgan fingerprint density at radius 3 is 2.25 bits per heavy atom. The molecule has 16 heavy (non-hydrogen) atoms. The highest BCUT2D eigenvalue weighted by atomic mass is 14.5. The fourth-order valence-electron chi connectivity index (χ4n) is 3.34. The zero-order valence-electron chi connectivity index (χ0n) is 11.5. The van der Waals surface area contributed by atoms with Gasteiger partial charge in [0.05, 0.1) is 0 Å². The van der Waals surface area contributed by atoms with Crippen LogP contribution in [0.15, 0.2) is 18.2 Å². The van der Waals surface area contributed by atoms with Gasteiger partial charge in [0.1, 0.15) is 0 Å². The van der Waals surface area contributed by atoms with E-state index in [1.165, 1.54) is 12.0 Å². The molecule has 0 spiro atoms. The van der Waals surface area contributed by atoms with E-state index in [1.54, 1.807) is 11.1 Å². The molecule has 0 saturated heterocycles. The maximum Gasteiger partial charge on any atom is -0.00411 e. The van der Waals surface area contributed by atoms with Crippen LogP contribution >= 0.6 is 0 Å². The number of aryl methyl sites for hydroxylation is 1. The molecule has 1 aromatic rings. The first-order chi connectivity index (χ1) is 7.27. The molecule has 0 amide bonds. The van der Waals surface area contributed by atoms with Crippen LogP contribution in [0.5, 0.6) is 0 Å². The van der Waals surface area contributed by atoms with Crippen molar-refractivity contribution in [1.82, 2.24) is 0 Å². The molecule has 0 fully saturated rings. The van der Waals surface area contributed by atoms with Gasteiger partial charge in [-0.25, -0.2) is 0 Å². The van der Waals surface area contributed by atoms with Crippen molar-refractivity contribution in [3.05, 3.63) is 34.9 Å². The second-order valence-electron chi connectivity index (χ2n) is 6.68. The molecule has 1 aromatic carbocycles. The summed E-state index contributed by atoms with van der Waals surface area (Å²) < 4.78 is 0. The van der Waals surface area contributed by atoms with Crippen molar-refractivity contribution in [1.29, 1.82) is 0 Å². The molecular weight excluding hydrogens is 192 g/mol. The molecule has 0 radical (unpaired) electrons. The van der Waals surface area contributed by atoms with Crippen molar-refractivity contribution in [2.24, 2.45) is 5.92 Å². The Balaban J connectivity index is 2.64. The first kappa shape index (κ1) is 11.7. The number of fused-ring (bicyclic) bond motifs is 1. The second kappa shape index (κ2) is 3.35. The topological polar surface area (TPSA) is 0 Å². The van der Waals surface area contributed by atoms with Crippen LogP contribution in [0.25, 0.3) is 0 Å². The molecule has 1 atom stereocenters. The molecular formula is C16H24. The highest BCUT2D eigenvalue weighted by Crippen LogP contribution is 2.52. The third-order valence-corrected chi connectivity index (χ3v) is 4.60. The molecule has 1 aliphatic carbocycles. The van der Waals surface area contributed by atoms with Gasteiger partial charge >= 0.3 is 0 Å². The molecule has 0 bridgehead atoms. The quantitative estimate of drug-likeness (QED) is 0.644. The largest absolute Gasteiger partial charge is 0.0619 e. The highest BCUT2D eigenvalue weighted by molar-refractivity contribution is 5.47. The van der Waals surface area contributed by atoms with E-state index < -0.39 is 0 Å². The minimum absolute atomic E-state index is 0.334. The van der Waals surface area contributed by atoms with E-state index in [-0.39, 0.29) is 0 Å². The first-order valence-electron chi connectivity index (χ1n) is 6.39. The van der Waals surface area contributed by atoms with Crippen LogP contribution < -0.4 is 0 Å². The summed E-state index contributed by atoms with van der Waals surface area (Å²) in [6.07, 6.45) is 1.27. The van der Waals surface area contributed by atoms with Crippen LogP contribution in [0, 0.1) is 12.8 Å². The third kappa shape index (κ3) is 1.50. The van der Waals surface area contributed by atoms with Crippen molar-refractivity contribution in [2.75, 3.05) is 0 Å². The monoisotopic (exact) mass is 216 g/mol. The number of hydrogen-bond acceptors (Lipinski definition) is 0. The summed E-state index contributed by atoms with van der Waals surface area (Å²) in [6, 6.07) is 7.02. The number of rotatable bonds is 1. The Hall–Kier alpha value is -0.780. The molecule has 0 aliphatic heterocycles. The van der Waals surface area contributed by atoms with Crippen LogP contribution in [0.4, 0.5) is 0 Å². The SMILES string of the molecule is Cc1ccc2c(c1)C(C)(C)CC2(C)C(C)C. The fourth-order valence-corrected chi connectivity index (χ4v) is 3.34. The third-order valence-electron chi connectivity index (χ3n) is 4.60. The lowest BCUT2D eigenvalue weighted by molar-refractivity contribution is 0.290. The maximum absolute atomic E-state index is 2.43. The minimum Gasteiger partial charge on any atom is -0.0619 e. The maximum atomic E-state index is 2.43. The molecule has 0 aromatic heterocycles. The molecule has 0 heterocycles. The lowest BCUT2D eigenvalue weighted by Gasteiger charge is -2.32. The van der Waals surface area contributed by atoms with E-state index in [0.717, 1.165) is 0 Å². The second-order valence-corrected chi connectivity index (χ2v) is 6.68. The van der Waals surface area contributed by atoms with Crippen LogP contribution in [-0.2, 0) is 10.8 Å². The highest BCUT2D eigenvalue weighted by Gasteiger charge is 2.46. The summed E-state index contributed by atoms with van der Waals surface area (Å²) in [7, 11) is 0. The minimum atomic E-state index is 0.334. The average molecular weight is 216 g/mol. The molecule has 0 N–H and O–H groups in total. The Bertz CT molecular complexity index is 412. The molecule has 1 aliphatic rings. The predicted octanol–water partition coefficient (Wildman–Crippen LogP) is 4.59. The number of hydrogen-bond donors (Lipinski definition) is 0. The summed E-state index contributed by atoms with van der Waals surface area (Å²) in [5.74, 6) is 0.704. The van der Waals surface area contributed by atoms with Crippen LogP contribution in [-0.4, -0.2) is 0 Å². The van der Waals surface area contributed by atoms with Crippen LogP contribution in [0.1, 0.15) is 57.7 Å². The Labute approximate surface area is 100 Å². The van der Waals surface area contributed by atoms with E-state index >= 15 is 0 Å². The van der Waals surface area contributed by atoms with E-state index in [4.69, 9.17) is 0 Å². The van der Waals surface area contributed by atoms with E-state index in [2.05, 4.69) is 59.7 Å². The normalized spacial score (nSPS) is 27.2. The van der Waals surface area contributed by atoms with E-state index in [9.17, 15) is 0 Å². The van der Waals surface area contributed by atoms with Gasteiger partial charge in [0.15, 0.2) is 0 Å². The molecule has 2 rings (SSSR count). The lowest BCUT2D eigenvalue weighted by Crippen LogP contribution is -2.27. The van der Waals surface area contributed by atoms with Gasteiger partial charge in [0.25, 0.3) is 0 Å². The van der Waals surface area contributed by atoms with Crippen LogP contribution in [0.2, 0.25) is 0 Å². The van der Waals surface area contributed by atoms with Crippen molar-refractivity contribution in [3.63, 3.8) is 0 Å². The van der Waals surface area contributed by atoms with Gasteiger partial charge in [0, 0.05) is 0 Å². The van der Waals surface area contributed by atoms with Crippen molar-refractivity contribution in [3.8, 4) is 0 Å². The standard InChI is InChI=1S/C16H24/c1-11(2)16(6)10-15(4,5)14-9-12(3)7-8-13(14)16/h7-9,11H,10H2,1-6H3. The average Bonchev–Trinajstić information content (AvgIpc) is 2.35. The van der Waals surface area contributed by atoms with Gasteiger partial charge in [0.2, 0.25) is 0 Å². The van der Waals surface area contributed by atoms with Gasteiger partial charge in [-0.1, -0.05) is 58.4 Å².